The molecule has 0 saturated carbocycles. The highest BCUT2D eigenvalue weighted by Gasteiger charge is 2.30. The molecule has 0 aromatic carbocycles. The number of hydrogen-bond donors (Lipinski definition) is 1. The normalized spacial score (nSPS) is 12.4. The fourth-order valence-corrected chi connectivity index (χ4v) is 6.66. The topological polar surface area (TPSA) is 146 Å². The number of carboxylic acids is 1. The predicted molar refractivity (Wildman–Crippen MR) is 222 cm³/mol. The Bertz CT molecular complexity index is 991. The van der Waals surface area contributed by atoms with Gasteiger partial charge in [0.15, 0.2) is 6.10 Å². The number of aliphatic carboxylic acids is 1. The minimum Gasteiger partial charge on any atom is -0.481 e. The van der Waals surface area contributed by atoms with E-state index < -0.39 is 36.1 Å². The molecule has 1 N–H and O–H groups in total. The maximum absolute atomic E-state index is 13.2. The van der Waals surface area contributed by atoms with Crippen LogP contribution in [0.15, 0.2) is 0 Å². The van der Waals surface area contributed by atoms with E-state index in [1.54, 1.807) is 0 Å². The molecule has 0 aliphatic carbocycles. The van der Waals surface area contributed by atoms with E-state index in [1.165, 1.54) is 77.0 Å². The van der Waals surface area contributed by atoms with Crippen LogP contribution < -0.4 is 0 Å². The maximum Gasteiger partial charge on any atom is 0.306 e. The summed E-state index contributed by atoms with van der Waals surface area (Å²) in [6, 6.07) is 0. The van der Waals surface area contributed by atoms with Crippen molar-refractivity contribution >= 4 is 29.8 Å². The molecule has 0 aliphatic rings. The number of ether oxygens (including phenoxy) is 4. The van der Waals surface area contributed by atoms with E-state index in [9.17, 15) is 24.0 Å². The van der Waals surface area contributed by atoms with Crippen molar-refractivity contribution in [2.24, 2.45) is 5.92 Å². The van der Waals surface area contributed by atoms with Gasteiger partial charge in [-0.1, -0.05) is 117 Å². The second-order valence-electron chi connectivity index (χ2n) is 16.0. The lowest BCUT2D eigenvalue weighted by Crippen LogP contribution is -2.39. The van der Waals surface area contributed by atoms with Crippen LogP contribution in [0.2, 0.25) is 0 Å². The summed E-state index contributed by atoms with van der Waals surface area (Å²) in [7, 11) is 3.85. The van der Waals surface area contributed by atoms with Crippen molar-refractivity contribution in [1.29, 1.82) is 0 Å². The molecule has 0 rings (SSSR count). The van der Waals surface area contributed by atoms with Gasteiger partial charge >= 0.3 is 29.8 Å². The summed E-state index contributed by atoms with van der Waals surface area (Å²) >= 11 is 0. The van der Waals surface area contributed by atoms with Gasteiger partial charge in [0.25, 0.3) is 0 Å². The van der Waals surface area contributed by atoms with Gasteiger partial charge < -0.3 is 29.0 Å². The van der Waals surface area contributed by atoms with Crippen LogP contribution in [0.3, 0.4) is 0 Å². The van der Waals surface area contributed by atoms with Crippen molar-refractivity contribution in [1.82, 2.24) is 4.90 Å². The SMILES string of the molecule is CCCCCCCCCCC(OC(=O)CCCCC(=O)OCC(CCCCCC)CCCCCC)C(COC(=O)CCCCC(=O)O)OC(=O)CCCN(C)C. The first kappa shape index (κ1) is 53.3. The lowest BCUT2D eigenvalue weighted by Gasteiger charge is -2.27. The van der Waals surface area contributed by atoms with E-state index >= 15 is 0 Å². The summed E-state index contributed by atoms with van der Waals surface area (Å²) in [5.74, 6) is -2.18. The van der Waals surface area contributed by atoms with E-state index in [4.69, 9.17) is 24.1 Å². The Kier molecular flexibility index (Phi) is 36.0. The zero-order chi connectivity index (χ0) is 41.7. The minimum absolute atomic E-state index is 0.0306. The van der Waals surface area contributed by atoms with Crippen LogP contribution in [0.1, 0.15) is 207 Å². The molecule has 0 bridgehead atoms. The van der Waals surface area contributed by atoms with E-state index in [0.29, 0.717) is 57.6 Å². The number of carbonyl (C=O) groups excluding carboxylic acids is 4. The van der Waals surface area contributed by atoms with Gasteiger partial charge in [0.2, 0.25) is 0 Å². The molecule has 11 nitrogen and oxygen atoms in total. The number of rotatable bonds is 40. The van der Waals surface area contributed by atoms with Crippen LogP contribution in [0.25, 0.3) is 0 Å². The van der Waals surface area contributed by atoms with Crippen molar-refractivity contribution in [3.05, 3.63) is 0 Å². The van der Waals surface area contributed by atoms with E-state index in [2.05, 4.69) is 20.8 Å². The number of unbranched alkanes of at least 4 members (excludes halogenated alkanes) is 15. The third-order valence-electron chi connectivity index (χ3n) is 10.2. The van der Waals surface area contributed by atoms with Crippen LogP contribution in [0.4, 0.5) is 0 Å². The Balaban J connectivity index is 5.35. The third kappa shape index (κ3) is 34.5. The summed E-state index contributed by atoms with van der Waals surface area (Å²) in [4.78, 5) is 64.2. The van der Waals surface area contributed by atoms with E-state index in [0.717, 1.165) is 38.5 Å². The molecular weight excluding hydrogens is 714 g/mol. The van der Waals surface area contributed by atoms with E-state index in [1.807, 2.05) is 19.0 Å². The molecule has 0 aliphatic heterocycles. The summed E-state index contributed by atoms with van der Waals surface area (Å²) in [5, 5.41) is 8.89. The van der Waals surface area contributed by atoms with Gasteiger partial charge in [0.05, 0.1) is 6.61 Å². The van der Waals surface area contributed by atoms with Gasteiger partial charge in [0.1, 0.15) is 12.7 Å². The molecule has 0 fully saturated rings. The van der Waals surface area contributed by atoms with Gasteiger partial charge in [-0.25, -0.2) is 0 Å². The Hall–Kier alpha value is -2.69. The molecule has 0 heterocycles. The predicted octanol–water partition coefficient (Wildman–Crippen LogP) is 10.5. The Morgan fingerprint density at radius 2 is 0.839 bits per heavy atom. The molecule has 0 aromatic rings. The largest absolute Gasteiger partial charge is 0.481 e. The smallest absolute Gasteiger partial charge is 0.306 e. The first-order chi connectivity index (χ1) is 27.0. The Morgan fingerprint density at radius 1 is 0.446 bits per heavy atom. The maximum atomic E-state index is 13.2. The van der Waals surface area contributed by atoms with Gasteiger partial charge in [-0.05, 0) is 84.3 Å². The summed E-state index contributed by atoms with van der Waals surface area (Å²) in [6.07, 6.45) is 22.0. The molecule has 56 heavy (non-hydrogen) atoms. The zero-order valence-electron chi connectivity index (χ0n) is 36.4. The highest BCUT2D eigenvalue weighted by Crippen LogP contribution is 2.21. The molecule has 0 saturated heterocycles. The first-order valence-corrected chi connectivity index (χ1v) is 22.6. The molecule has 2 unspecified atom stereocenters. The summed E-state index contributed by atoms with van der Waals surface area (Å²) < 4.78 is 23.0. The summed E-state index contributed by atoms with van der Waals surface area (Å²) in [5.41, 5.74) is 0. The average molecular weight is 798 g/mol. The first-order valence-electron chi connectivity index (χ1n) is 22.6. The number of carboxylic acid groups (broad SMARTS) is 1. The van der Waals surface area contributed by atoms with Gasteiger partial charge in [0, 0.05) is 32.1 Å². The van der Waals surface area contributed by atoms with Crippen molar-refractivity contribution in [2.75, 3.05) is 33.9 Å². The number of hydrogen-bond acceptors (Lipinski definition) is 10. The standard InChI is InChI=1S/C45H83NO10/c1-6-9-12-15-16-17-18-21-29-39(40(56-45(52)34-26-35-46(4)5)37-54-43(50)31-23-22-30-41(47)48)55-44(51)33-25-24-32-42(49)53-36-38(27-19-13-10-7-2)28-20-14-11-8-3/h38-40H,6-37H2,1-5H3,(H,47,48). The highest BCUT2D eigenvalue weighted by atomic mass is 16.6. The zero-order valence-corrected chi connectivity index (χ0v) is 36.4. The molecule has 0 spiro atoms. The number of esters is 4. The second kappa shape index (κ2) is 37.9. The minimum atomic E-state index is -0.967. The molecular formula is C45H83NO10. The van der Waals surface area contributed by atoms with Crippen LogP contribution in [-0.2, 0) is 42.9 Å². The Morgan fingerprint density at radius 3 is 1.34 bits per heavy atom. The second-order valence-corrected chi connectivity index (χ2v) is 16.0. The molecule has 0 radical (unpaired) electrons. The van der Waals surface area contributed by atoms with Crippen molar-refractivity contribution in [3.63, 3.8) is 0 Å². The highest BCUT2D eigenvalue weighted by molar-refractivity contribution is 5.72. The van der Waals surface area contributed by atoms with Crippen LogP contribution in [0.5, 0.6) is 0 Å². The van der Waals surface area contributed by atoms with Crippen LogP contribution in [-0.4, -0.2) is 85.9 Å². The summed E-state index contributed by atoms with van der Waals surface area (Å²) in [6.45, 7) is 7.52. The molecule has 2 atom stereocenters. The number of carbonyl (C=O) groups is 5. The molecule has 328 valence electrons. The van der Waals surface area contributed by atoms with Crippen molar-refractivity contribution in [2.45, 2.75) is 219 Å². The molecule has 0 aromatic heterocycles. The van der Waals surface area contributed by atoms with Crippen LogP contribution >= 0.6 is 0 Å². The lowest BCUT2D eigenvalue weighted by molar-refractivity contribution is -0.176. The number of nitrogens with zero attached hydrogens (tertiary/aromatic N) is 1. The third-order valence-corrected chi connectivity index (χ3v) is 10.2. The van der Waals surface area contributed by atoms with Gasteiger partial charge in [-0.15, -0.1) is 0 Å². The Labute approximate surface area is 341 Å². The molecule has 0 amide bonds. The molecule has 11 heteroatoms. The fraction of sp³-hybridized carbons (Fsp3) is 0.889. The lowest BCUT2D eigenvalue weighted by atomic mass is 9.95. The van der Waals surface area contributed by atoms with Gasteiger partial charge in [-0.2, -0.15) is 0 Å². The average Bonchev–Trinajstić information content (AvgIpc) is 3.16. The van der Waals surface area contributed by atoms with Crippen molar-refractivity contribution in [3.8, 4) is 0 Å². The quantitative estimate of drug-likeness (QED) is 0.0359. The van der Waals surface area contributed by atoms with Crippen LogP contribution in [0, 0.1) is 5.92 Å². The van der Waals surface area contributed by atoms with E-state index in [-0.39, 0.29) is 44.7 Å². The van der Waals surface area contributed by atoms with Crippen molar-refractivity contribution < 1.29 is 48.0 Å². The van der Waals surface area contributed by atoms with Gasteiger partial charge in [-0.3, -0.25) is 24.0 Å². The monoisotopic (exact) mass is 798 g/mol. The fourth-order valence-electron chi connectivity index (χ4n) is 6.66.